The van der Waals surface area contributed by atoms with Crippen LogP contribution in [0, 0.1) is 0 Å². The fourth-order valence-corrected chi connectivity index (χ4v) is 3.57. The van der Waals surface area contributed by atoms with Gasteiger partial charge >= 0.3 is 23.9 Å². The maximum absolute atomic E-state index is 10.2. The minimum absolute atomic E-state index is 0.212. The second-order valence-corrected chi connectivity index (χ2v) is 13.6. The number of hydrogen-bond acceptors (Lipinski definition) is 12. The summed E-state index contributed by atoms with van der Waals surface area (Å²) in [6.07, 6.45) is 10.8. The van der Waals surface area contributed by atoms with E-state index in [1.54, 1.807) is 69.9 Å². The molecule has 0 aliphatic carbocycles. The van der Waals surface area contributed by atoms with E-state index in [1.165, 1.54) is 17.2 Å². The Morgan fingerprint density at radius 1 is 0.444 bits per heavy atom. The average Bonchev–Trinajstić information content (AvgIpc) is 3.36. The van der Waals surface area contributed by atoms with Gasteiger partial charge in [0.25, 0.3) is 0 Å². The third-order valence-electron chi connectivity index (χ3n) is 6.49. The fraction of sp³-hybridized carbons (Fsp3) is 0.429. The number of carboxylic acids is 4. The summed E-state index contributed by atoms with van der Waals surface area (Å²) in [7, 11) is 13.0. The van der Waals surface area contributed by atoms with Gasteiger partial charge in [-0.1, -0.05) is 148 Å². The molecule has 0 aromatic heterocycles. The van der Waals surface area contributed by atoms with Crippen molar-refractivity contribution in [2.24, 2.45) is 11.5 Å². The summed E-state index contributed by atoms with van der Waals surface area (Å²) in [6, 6.07) is 39.1. The molecule has 0 aliphatic heterocycles. The number of aliphatic carboxylic acids is 4. The van der Waals surface area contributed by atoms with Crippen molar-refractivity contribution in [1.29, 1.82) is 0 Å². The van der Waals surface area contributed by atoms with Crippen molar-refractivity contribution in [3.05, 3.63) is 162 Å². The van der Waals surface area contributed by atoms with Crippen molar-refractivity contribution in [2.75, 3.05) is 83.2 Å². The number of aliphatic hydroxyl groups excluding tert-OH is 2. The van der Waals surface area contributed by atoms with E-state index in [9.17, 15) is 19.2 Å². The van der Waals surface area contributed by atoms with Gasteiger partial charge in [-0.15, -0.1) is 0 Å². The molecule has 412 valence electrons. The van der Waals surface area contributed by atoms with Crippen LogP contribution in [-0.4, -0.2) is 138 Å². The maximum Gasteiger partial charge on any atom is 0.328 e. The molecule has 72 heavy (non-hydrogen) atoms. The molecule has 0 heterocycles. The molecule has 16 nitrogen and oxygen atoms in total. The molecule has 10 N–H and O–H groups in total. The van der Waals surface area contributed by atoms with Crippen molar-refractivity contribution in [1.82, 2.24) is 0 Å². The van der Waals surface area contributed by atoms with Crippen LogP contribution in [0.4, 0.5) is 0 Å². The molecule has 4 rings (SSSR count). The summed E-state index contributed by atoms with van der Waals surface area (Å²) in [5.74, 6) is -3.27. The Kier molecular flexibility index (Phi) is 90.9. The van der Waals surface area contributed by atoms with Gasteiger partial charge in [0.15, 0.2) is 0 Å². The lowest BCUT2D eigenvalue weighted by Crippen LogP contribution is -2.01. The molecular formula is C56H94N2O14. The number of aliphatic hydroxyl groups is 2. The van der Waals surface area contributed by atoms with Crippen LogP contribution in [0.15, 0.2) is 140 Å². The number of ether oxygens (including phenoxy) is 4. The van der Waals surface area contributed by atoms with Gasteiger partial charge in [0.1, 0.15) is 0 Å². The molecule has 0 unspecified atom stereocenters. The smallest absolute Gasteiger partial charge is 0.328 e. The minimum Gasteiger partial charge on any atom is -0.481 e. The number of carboxylic acid groups (broad SMARTS) is 4. The van der Waals surface area contributed by atoms with E-state index in [0.29, 0.717) is 19.4 Å². The molecule has 0 bridgehead atoms. The SMILES string of the molecule is C/C=C/C(=O)O.CCCC(=O)O.CCCN.CCCO.COC.COC.COC.COC.NCCc1ccccc1.O=C(O)/C=C/c1ccccc1.O=C(O)CCc1ccccc1.OCCc1ccccc1. The van der Waals surface area contributed by atoms with Gasteiger partial charge in [0, 0.05) is 95.1 Å². The van der Waals surface area contributed by atoms with Crippen LogP contribution < -0.4 is 11.5 Å². The van der Waals surface area contributed by atoms with Gasteiger partial charge in [-0.05, 0) is 86.9 Å². The van der Waals surface area contributed by atoms with E-state index in [-0.39, 0.29) is 13.0 Å². The molecule has 4 aromatic carbocycles. The van der Waals surface area contributed by atoms with Crippen LogP contribution in [0.1, 0.15) is 82.1 Å². The van der Waals surface area contributed by atoms with Gasteiger partial charge in [0.05, 0.1) is 0 Å². The van der Waals surface area contributed by atoms with Gasteiger partial charge in [-0.3, -0.25) is 9.59 Å². The first kappa shape index (κ1) is 82.8. The Hall–Kier alpha value is -6.08. The van der Waals surface area contributed by atoms with Crippen LogP contribution >= 0.6 is 0 Å². The molecule has 0 aliphatic rings. The monoisotopic (exact) mass is 1020 g/mol. The summed E-state index contributed by atoms with van der Waals surface area (Å²) in [6.45, 7) is 9.61. The van der Waals surface area contributed by atoms with E-state index in [0.717, 1.165) is 68.5 Å². The molecule has 0 spiro atoms. The summed E-state index contributed by atoms with van der Waals surface area (Å²) in [5, 5.41) is 48.8. The van der Waals surface area contributed by atoms with Crippen molar-refractivity contribution in [3.63, 3.8) is 0 Å². The zero-order valence-corrected chi connectivity index (χ0v) is 45.4. The highest BCUT2D eigenvalue weighted by Crippen LogP contribution is 2.02. The maximum atomic E-state index is 10.2. The van der Waals surface area contributed by atoms with Gasteiger partial charge in [-0.25, -0.2) is 9.59 Å². The summed E-state index contributed by atoms with van der Waals surface area (Å²) in [5.41, 5.74) is 14.9. The number of allylic oxidation sites excluding steroid dienone is 1. The number of hydrogen-bond donors (Lipinski definition) is 8. The quantitative estimate of drug-likeness (QED) is 0.0546. The Morgan fingerprint density at radius 2 is 0.750 bits per heavy atom. The van der Waals surface area contributed by atoms with Crippen LogP contribution in [0.5, 0.6) is 0 Å². The molecule has 4 aromatic rings. The summed E-state index contributed by atoms with van der Waals surface area (Å²) >= 11 is 0. The van der Waals surface area contributed by atoms with Crippen LogP contribution in [0.25, 0.3) is 6.08 Å². The van der Waals surface area contributed by atoms with E-state index >= 15 is 0 Å². The molecule has 0 saturated carbocycles. The molecule has 0 radical (unpaired) electrons. The van der Waals surface area contributed by atoms with Gasteiger partial charge < -0.3 is 61.1 Å². The number of carbonyl (C=O) groups is 4. The molecule has 0 amide bonds. The standard InChI is InChI=1S/C9H10O2.C9H8O2.C8H11N.C8H10O.C4H8O2.C4H6O2.C3H9N.C3H8O.4C2H6O/c2*10-9(11)7-6-8-4-2-1-3-5-8;2*9-7-6-8-4-2-1-3-5-8;2*1-2-3-4(5)6;2*1-2-3-4;4*1-3-2/h1-5H,6-7H2,(H,10,11);1-7H,(H,10,11);1-5H,6-7,9H2;1-5,9H,6-7H2;2-3H2,1H3,(H,5,6);2-3H,1H3,(H,5,6);2-4H2,1H3;4H,2-3H2,1H3;4*1-2H3/b;7-6+;;;;3-2+;;;;;;. The highest BCUT2D eigenvalue weighted by atomic mass is 16.5. The van der Waals surface area contributed by atoms with Gasteiger partial charge in [-0.2, -0.15) is 0 Å². The topological polar surface area (TPSA) is 279 Å². The van der Waals surface area contributed by atoms with Crippen molar-refractivity contribution in [3.8, 4) is 0 Å². The van der Waals surface area contributed by atoms with Crippen LogP contribution in [-0.2, 0) is 57.4 Å². The second-order valence-electron chi connectivity index (χ2n) is 13.6. The van der Waals surface area contributed by atoms with E-state index < -0.39 is 23.9 Å². The van der Waals surface area contributed by atoms with Crippen LogP contribution in [0.3, 0.4) is 0 Å². The first-order chi connectivity index (χ1) is 34.5. The van der Waals surface area contributed by atoms with Crippen molar-refractivity contribution in [2.45, 2.75) is 79.1 Å². The van der Waals surface area contributed by atoms with E-state index in [1.807, 2.05) is 123 Å². The Bertz CT molecular complexity index is 1610. The first-order valence-electron chi connectivity index (χ1n) is 23.1. The number of benzene rings is 4. The largest absolute Gasteiger partial charge is 0.481 e. The number of aryl methyl sites for hydroxylation is 1. The molecule has 16 heteroatoms. The molecular weight excluding hydrogens is 925 g/mol. The van der Waals surface area contributed by atoms with Crippen molar-refractivity contribution >= 4 is 30.0 Å². The predicted octanol–water partition coefficient (Wildman–Crippen LogP) is 9.21. The van der Waals surface area contributed by atoms with Crippen molar-refractivity contribution < 1.29 is 68.8 Å². The highest BCUT2D eigenvalue weighted by molar-refractivity contribution is 5.85. The number of nitrogens with two attached hydrogens (primary N) is 2. The zero-order valence-electron chi connectivity index (χ0n) is 45.4. The molecule has 0 fully saturated rings. The lowest BCUT2D eigenvalue weighted by atomic mass is 10.1. The number of rotatable bonds is 14. The third kappa shape index (κ3) is 102. The Morgan fingerprint density at radius 3 is 0.958 bits per heavy atom. The minimum atomic E-state index is -0.922. The Labute approximate surface area is 433 Å². The normalized spacial score (nSPS) is 8.67. The van der Waals surface area contributed by atoms with Gasteiger partial charge in [0.2, 0.25) is 0 Å². The van der Waals surface area contributed by atoms with E-state index in [2.05, 4.69) is 38.0 Å². The zero-order chi connectivity index (χ0) is 56.9. The number of methoxy groups -OCH3 is 4. The summed E-state index contributed by atoms with van der Waals surface area (Å²) < 4.78 is 17.0. The first-order valence-corrected chi connectivity index (χ1v) is 23.1. The lowest BCUT2D eigenvalue weighted by molar-refractivity contribution is -0.138. The predicted molar refractivity (Wildman–Crippen MR) is 295 cm³/mol. The molecule has 0 atom stereocenters. The average molecular weight is 1020 g/mol. The summed E-state index contributed by atoms with van der Waals surface area (Å²) in [4.78, 5) is 39.4. The fourth-order valence-electron chi connectivity index (χ4n) is 3.57. The highest BCUT2D eigenvalue weighted by Gasteiger charge is 1.96. The second kappa shape index (κ2) is 79.1. The molecule has 0 saturated heterocycles. The third-order valence-corrected chi connectivity index (χ3v) is 6.49. The van der Waals surface area contributed by atoms with E-state index in [4.69, 9.17) is 42.1 Å². The Balaban J connectivity index is -0.000000107. The van der Waals surface area contributed by atoms with Crippen LogP contribution in [0.2, 0.25) is 0 Å². The lowest BCUT2D eigenvalue weighted by Gasteiger charge is -1.95.